The Labute approximate surface area is 166 Å². The van der Waals surface area contributed by atoms with Gasteiger partial charge in [0.25, 0.3) is 0 Å². The van der Waals surface area contributed by atoms with E-state index in [9.17, 15) is 14.0 Å². The maximum atomic E-state index is 13.2. The highest BCUT2D eigenvalue weighted by molar-refractivity contribution is 5.88. The van der Waals surface area contributed by atoms with E-state index in [0.29, 0.717) is 6.54 Å². The van der Waals surface area contributed by atoms with Crippen molar-refractivity contribution in [2.75, 3.05) is 6.54 Å². The Morgan fingerprint density at radius 1 is 1.11 bits per heavy atom. The summed E-state index contributed by atoms with van der Waals surface area (Å²) in [5, 5.41) is 2.90. The third kappa shape index (κ3) is 6.19. The number of unbranched alkanes of at least 4 members (excludes halogenated alkanes) is 1. The molecule has 0 unspecified atom stereocenters. The molecule has 0 saturated carbocycles. The lowest BCUT2D eigenvalue weighted by atomic mass is 10.0. The van der Waals surface area contributed by atoms with Gasteiger partial charge in [0.2, 0.25) is 11.8 Å². The molecule has 150 valence electrons. The molecule has 0 aromatic heterocycles. The van der Waals surface area contributed by atoms with E-state index < -0.39 is 6.04 Å². The largest absolute Gasteiger partial charge is 0.354 e. The summed E-state index contributed by atoms with van der Waals surface area (Å²) in [6, 6.07) is 13.1. The van der Waals surface area contributed by atoms with Crippen LogP contribution in [0.1, 0.15) is 43.4 Å². The fourth-order valence-electron chi connectivity index (χ4n) is 2.98. The predicted molar refractivity (Wildman–Crippen MR) is 109 cm³/mol. The van der Waals surface area contributed by atoms with E-state index in [1.54, 1.807) is 24.0 Å². The number of hydrogen-bond acceptors (Lipinski definition) is 2. The standard InChI is InChI=1S/C23H29FN2O2/c1-4-5-14-25-23(28)18(3)26(16-19-10-12-21(24)13-11-19)22(27)15-20-9-7-6-8-17(20)2/h6-13,18H,4-5,14-16H2,1-3H3,(H,25,28)/t18-/m1/s1. The van der Waals surface area contributed by atoms with Crippen LogP contribution in [-0.2, 0) is 22.6 Å². The van der Waals surface area contributed by atoms with Crippen molar-refractivity contribution >= 4 is 11.8 Å². The number of benzene rings is 2. The molecule has 2 aromatic carbocycles. The first-order valence-electron chi connectivity index (χ1n) is 9.78. The molecule has 0 aliphatic rings. The molecule has 2 rings (SSSR count). The topological polar surface area (TPSA) is 49.4 Å². The zero-order valence-electron chi connectivity index (χ0n) is 16.9. The highest BCUT2D eigenvalue weighted by Gasteiger charge is 2.26. The van der Waals surface area contributed by atoms with E-state index in [1.807, 2.05) is 31.2 Å². The number of nitrogens with one attached hydrogen (secondary N) is 1. The molecule has 0 aliphatic heterocycles. The van der Waals surface area contributed by atoms with Crippen LogP contribution in [0.4, 0.5) is 4.39 Å². The zero-order valence-corrected chi connectivity index (χ0v) is 16.9. The van der Waals surface area contributed by atoms with E-state index in [0.717, 1.165) is 29.5 Å². The van der Waals surface area contributed by atoms with E-state index in [4.69, 9.17) is 0 Å². The fraction of sp³-hybridized carbons (Fsp3) is 0.391. The zero-order chi connectivity index (χ0) is 20.5. The predicted octanol–water partition coefficient (Wildman–Crippen LogP) is 4.01. The van der Waals surface area contributed by atoms with Gasteiger partial charge in [-0.15, -0.1) is 0 Å². The SMILES string of the molecule is CCCCNC(=O)[C@@H](C)N(Cc1ccc(F)cc1)C(=O)Cc1ccccc1C. The summed E-state index contributed by atoms with van der Waals surface area (Å²) in [5.41, 5.74) is 2.76. The molecule has 0 heterocycles. The minimum atomic E-state index is -0.613. The minimum absolute atomic E-state index is 0.128. The Kier molecular flexibility index (Phi) is 8.18. The average Bonchev–Trinajstić information content (AvgIpc) is 2.68. The van der Waals surface area contributed by atoms with Crippen molar-refractivity contribution < 1.29 is 14.0 Å². The molecule has 0 spiro atoms. The number of carbonyl (C=O) groups is 2. The Hall–Kier alpha value is -2.69. The summed E-state index contributed by atoms with van der Waals surface area (Å²) >= 11 is 0. The number of nitrogens with zero attached hydrogens (tertiary/aromatic N) is 1. The summed E-state index contributed by atoms with van der Waals surface area (Å²) < 4.78 is 13.2. The van der Waals surface area contributed by atoms with Crippen LogP contribution in [0.25, 0.3) is 0 Å². The van der Waals surface area contributed by atoms with Crippen molar-refractivity contribution in [3.8, 4) is 0 Å². The maximum absolute atomic E-state index is 13.2. The van der Waals surface area contributed by atoms with Crippen molar-refractivity contribution in [1.82, 2.24) is 10.2 Å². The van der Waals surface area contributed by atoms with Crippen molar-refractivity contribution in [2.45, 2.75) is 52.6 Å². The molecule has 0 radical (unpaired) electrons. The summed E-state index contributed by atoms with van der Waals surface area (Å²) in [6.45, 7) is 6.61. The number of hydrogen-bond donors (Lipinski definition) is 1. The summed E-state index contributed by atoms with van der Waals surface area (Å²) in [5.74, 6) is -0.627. The van der Waals surface area contributed by atoms with Gasteiger partial charge >= 0.3 is 0 Å². The van der Waals surface area contributed by atoms with Crippen molar-refractivity contribution in [1.29, 1.82) is 0 Å². The second-order valence-corrected chi connectivity index (χ2v) is 7.07. The number of aryl methyl sites for hydroxylation is 1. The minimum Gasteiger partial charge on any atom is -0.354 e. The Balaban J connectivity index is 2.18. The van der Waals surface area contributed by atoms with Gasteiger partial charge < -0.3 is 10.2 Å². The van der Waals surface area contributed by atoms with Crippen molar-refractivity contribution in [2.24, 2.45) is 0 Å². The molecule has 0 bridgehead atoms. The molecule has 0 aliphatic carbocycles. The quantitative estimate of drug-likeness (QED) is 0.664. The molecular formula is C23H29FN2O2. The Morgan fingerprint density at radius 3 is 2.43 bits per heavy atom. The number of rotatable bonds is 9. The molecule has 4 nitrogen and oxygen atoms in total. The third-order valence-electron chi connectivity index (χ3n) is 4.87. The van der Waals surface area contributed by atoms with Crippen LogP contribution in [0, 0.1) is 12.7 Å². The average molecular weight is 384 g/mol. The van der Waals surface area contributed by atoms with E-state index in [2.05, 4.69) is 12.2 Å². The van der Waals surface area contributed by atoms with Gasteiger partial charge in [0, 0.05) is 13.1 Å². The molecule has 2 aromatic rings. The first-order valence-corrected chi connectivity index (χ1v) is 9.78. The second kappa shape index (κ2) is 10.6. The third-order valence-corrected chi connectivity index (χ3v) is 4.87. The van der Waals surface area contributed by atoms with Crippen molar-refractivity contribution in [3.05, 3.63) is 71.0 Å². The van der Waals surface area contributed by atoms with Gasteiger partial charge in [-0.05, 0) is 49.1 Å². The lowest BCUT2D eigenvalue weighted by Gasteiger charge is -2.29. The molecule has 1 atom stereocenters. The molecule has 5 heteroatoms. The monoisotopic (exact) mass is 384 g/mol. The van der Waals surface area contributed by atoms with Gasteiger partial charge in [0.05, 0.1) is 6.42 Å². The molecule has 0 saturated heterocycles. The summed E-state index contributed by atoms with van der Waals surface area (Å²) in [7, 11) is 0. The van der Waals surface area contributed by atoms with Crippen LogP contribution in [0.5, 0.6) is 0 Å². The lowest BCUT2D eigenvalue weighted by molar-refractivity contribution is -0.140. The van der Waals surface area contributed by atoms with Gasteiger partial charge in [-0.25, -0.2) is 4.39 Å². The Bertz CT molecular complexity index is 789. The lowest BCUT2D eigenvalue weighted by Crippen LogP contribution is -2.48. The van der Waals surface area contributed by atoms with Crippen LogP contribution in [0.15, 0.2) is 48.5 Å². The molecule has 1 N–H and O–H groups in total. The maximum Gasteiger partial charge on any atom is 0.242 e. The van der Waals surface area contributed by atoms with E-state index in [1.165, 1.54) is 12.1 Å². The van der Waals surface area contributed by atoms with Crippen molar-refractivity contribution in [3.63, 3.8) is 0 Å². The van der Waals surface area contributed by atoms with Crippen LogP contribution < -0.4 is 5.32 Å². The first kappa shape index (κ1) is 21.6. The van der Waals surface area contributed by atoms with Gasteiger partial charge in [0.15, 0.2) is 0 Å². The van der Waals surface area contributed by atoms with Crippen LogP contribution in [0.3, 0.4) is 0 Å². The molecule has 2 amide bonds. The highest BCUT2D eigenvalue weighted by atomic mass is 19.1. The second-order valence-electron chi connectivity index (χ2n) is 7.07. The van der Waals surface area contributed by atoms with E-state index in [-0.39, 0.29) is 30.6 Å². The molecular weight excluding hydrogens is 355 g/mol. The summed E-state index contributed by atoms with van der Waals surface area (Å²) in [6.07, 6.45) is 2.11. The highest BCUT2D eigenvalue weighted by Crippen LogP contribution is 2.15. The van der Waals surface area contributed by atoms with Crippen LogP contribution in [-0.4, -0.2) is 29.3 Å². The fourth-order valence-corrected chi connectivity index (χ4v) is 2.98. The first-order chi connectivity index (χ1) is 13.4. The summed E-state index contributed by atoms with van der Waals surface area (Å²) in [4.78, 5) is 27.2. The van der Waals surface area contributed by atoms with Gasteiger partial charge in [0.1, 0.15) is 11.9 Å². The molecule has 0 fully saturated rings. The van der Waals surface area contributed by atoms with Crippen LogP contribution >= 0.6 is 0 Å². The van der Waals surface area contributed by atoms with Gasteiger partial charge in [-0.3, -0.25) is 9.59 Å². The van der Waals surface area contributed by atoms with E-state index >= 15 is 0 Å². The Morgan fingerprint density at radius 2 is 1.79 bits per heavy atom. The van der Waals surface area contributed by atoms with Gasteiger partial charge in [-0.1, -0.05) is 49.7 Å². The number of halogens is 1. The van der Waals surface area contributed by atoms with Crippen LogP contribution in [0.2, 0.25) is 0 Å². The number of carbonyl (C=O) groups excluding carboxylic acids is 2. The smallest absolute Gasteiger partial charge is 0.242 e. The molecule has 28 heavy (non-hydrogen) atoms. The van der Waals surface area contributed by atoms with Gasteiger partial charge in [-0.2, -0.15) is 0 Å². The number of amides is 2. The normalized spacial score (nSPS) is 11.7.